The highest BCUT2D eigenvalue weighted by atomic mass is 32.1. The first-order chi connectivity index (χ1) is 22.2. The largest absolute Gasteiger partial charge is 0.309 e. The maximum Gasteiger partial charge on any atom is 0.0541 e. The summed E-state index contributed by atoms with van der Waals surface area (Å²) >= 11 is 1.89. The quantitative estimate of drug-likeness (QED) is 0.192. The normalized spacial score (nSPS) is 11.8. The van der Waals surface area contributed by atoms with Crippen molar-refractivity contribution in [2.45, 2.75) is 13.8 Å². The molecule has 0 fully saturated rings. The minimum atomic E-state index is 1.18. The molecule has 0 radical (unpaired) electrons. The molecule has 3 heteroatoms. The van der Waals surface area contributed by atoms with Crippen molar-refractivity contribution >= 4 is 54.9 Å². The van der Waals surface area contributed by atoms with E-state index in [1.54, 1.807) is 0 Å². The zero-order valence-electron chi connectivity index (χ0n) is 25.2. The van der Waals surface area contributed by atoms with Gasteiger partial charge in [0.15, 0.2) is 0 Å². The van der Waals surface area contributed by atoms with Crippen LogP contribution in [0.1, 0.15) is 9.75 Å². The van der Waals surface area contributed by atoms with Crippen LogP contribution in [-0.4, -0.2) is 9.13 Å². The van der Waals surface area contributed by atoms with Crippen LogP contribution in [0.25, 0.3) is 77.2 Å². The molecule has 0 amide bonds. The predicted molar refractivity (Wildman–Crippen MR) is 193 cm³/mol. The number of nitrogens with zero attached hydrogens (tertiary/aromatic N) is 2. The third kappa shape index (κ3) is 3.94. The van der Waals surface area contributed by atoms with Gasteiger partial charge in [0.05, 0.1) is 22.1 Å². The lowest BCUT2D eigenvalue weighted by Crippen LogP contribution is -1.94. The monoisotopic (exact) mass is 594 g/mol. The molecule has 0 saturated carbocycles. The molecule has 0 spiro atoms. The van der Waals surface area contributed by atoms with Crippen LogP contribution in [0, 0.1) is 13.8 Å². The lowest BCUT2D eigenvalue weighted by Gasteiger charge is -2.12. The van der Waals surface area contributed by atoms with Crippen molar-refractivity contribution in [2.75, 3.05) is 0 Å². The molecule has 3 heterocycles. The van der Waals surface area contributed by atoms with Crippen LogP contribution in [0.2, 0.25) is 0 Å². The summed E-state index contributed by atoms with van der Waals surface area (Å²) in [4.78, 5) is 2.69. The molecule has 9 rings (SSSR count). The summed E-state index contributed by atoms with van der Waals surface area (Å²) in [7, 11) is 0. The van der Waals surface area contributed by atoms with Crippen LogP contribution in [0.15, 0.2) is 146 Å². The SMILES string of the molecule is Cc1sc(C)c(-c2ccc3c(c2)c2ccccc2n3-c2ccccc2)c1-c1ccc(-n2c3ccccc3c3ccccc32)cc1. The molecule has 6 aromatic carbocycles. The van der Waals surface area contributed by atoms with E-state index in [-0.39, 0.29) is 0 Å². The highest BCUT2D eigenvalue weighted by Gasteiger charge is 2.20. The minimum absolute atomic E-state index is 1.18. The fraction of sp³-hybridized carbons (Fsp3) is 0.0476. The van der Waals surface area contributed by atoms with Crippen LogP contribution in [0.4, 0.5) is 0 Å². The van der Waals surface area contributed by atoms with Crippen molar-refractivity contribution in [3.05, 3.63) is 155 Å². The van der Waals surface area contributed by atoms with Crippen LogP contribution in [-0.2, 0) is 0 Å². The second-order valence-electron chi connectivity index (χ2n) is 11.8. The highest BCUT2D eigenvalue weighted by molar-refractivity contribution is 7.13. The van der Waals surface area contributed by atoms with E-state index in [1.807, 2.05) is 11.3 Å². The Morgan fingerprint density at radius 1 is 0.378 bits per heavy atom. The Bertz CT molecular complexity index is 2490. The van der Waals surface area contributed by atoms with Gasteiger partial charge >= 0.3 is 0 Å². The molecule has 2 nitrogen and oxygen atoms in total. The second-order valence-corrected chi connectivity index (χ2v) is 13.2. The number of benzene rings is 6. The van der Waals surface area contributed by atoms with E-state index in [4.69, 9.17) is 0 Å². The molecule has 0 N–H and O–H groups in total. The number of thiophene rings is 1. The number of aryl methyl sites for hydroxylation is 2. The van der Waals surface area contributed by atoms with Gasteiger partial charge in [0.1, 0.15) is 0 Å². The Morgan fingerprint density at radius 2 is 0.800 bits per heavy atom. The van der Waals surface area contributed by atoms with Gasteiger partial charge in [0.2, 0.25) is 0 Å². The van der Waals surface area contributed by atoms with E-state index >= 15 is 0 Å². The zero-order valence-corrected chi connectivity index (χ0v) is 26.0. The van der Waals surface area contributed by atoms with E-state index in [2.05, 4.69) is 169 Å². The molecular weight excluding hydrogens is 565 g/mol. The van der Waals surface area contributed by atoms with Crippen molar-refractivity contribution in [3.63, 3.8) is 0 Å². The number of hydrogen-bond acceptors (Lipinski definition) is 1. The maximum absolute atomic E-state index is 2.40. The Morgan fingerprint density at radius 3 is 1.38 bits per heavy atom. The van der Waals surface area contributed by atoms with E-state index in [0.717, 1.165) is 0 Å². The number of fused-ring (bicyclic) bond motifs is 6. The van der Waals surface area contributed by atoms with Gasteiger partial charge in [0, 0.05) is 53.8 Å². The molecular formula is C42H30N2S. The molecule has 45 heavy (non-hydrogen) atoms. The number of aromatic nitrogens is 2. The highest BCUT2D eigenvalue weighted by Crippen LogP contribution is 2.45. The molecule has 214 valence electrons. The molecule has 0 saturated heterocycles. The average Bonchev–Trinajstić information content (AvgIpc) is 3.71. The summed E-state index contributed by atoms with van der Waals surface area (Å²) in [5, 5.41) is 5.13. The molecule has 0 aliphatic carbocycles. The van der Waals surface area contributed by atoms with Crippen LogP contribution >= 0.6 is 11.3 Å². The first-order valence-electron chi connectivity index (χ1n) is 15.5. The number of para-hydroxylation sites is 4. The number of rotatable bonds is 4. The molecule has 0 atom stereocenters. The summed E-state index contributed by atoms with van der Waals surface area (Å²) in [5.74, 6) is 0. The van der Waals surface area contributed by atoms with Crippen molar-refractivity contribution < 1.29 is 0 Å². The summed E-state index contributed by atoms with van der Waals surface area (Å²) in [5.41, 5.74) is 12.5. The van der Waals surface area contributed by atoms with E-state index in [9.17, 15) is 0 Å². The fourth-order valence-electron chi connectivity index (χ4n) is 7.34. The van der Waals surface area contributed by atoms with E-state index in [0.29, 0.717) is 0 Å². The Kier molecular flexibility index (Phi) is 5.84. The van der Waals surface area contributed by atoms with Crippen molar-refractivity contribution in [2.24, 2.45) is 0 Å². The standard InChI is InChI=1S/C42H30N2S/c1-27-41(29-20-23-32(24-21-29)44-37-17-9-6-14-33(37)34-15-7-10-18-38(34)44)42(28(2)45-27)30-22-25-40-36(26-30)35-16-8-11-19-39(35)43(40)31-12-4-3-5-13-31/h3-26H,1-2H3. The first kappa shape index (κ1) is 26.1. The van der Waals surface area contributed by atoms with Gasteiger partial charge in [-0.1, -0.05) is 91.0 Å². The van der Waals surface area contributed by atoms with Crippen molar-refractivity contribution in [1.82, 2.24) is 9.13 Å². The third-order valence-electron chi connectivity index (χ3n) is 9.23. The minimum Gasteiger partial charge on any atom is -0.309 e. The molecule has 0 unspecified atom stereocenters. The van der Waals surface area contributed by atoms with Gasteiger partial charge in [-0.25, -0.2) is 0 Å². The lowest BCUT2D eigenvalue weighted by molar-refractivity contribution is 1.18. The molecule has 0 bridgehead atoms. The Labute approximate surface area is 266 Å². The van der Waals surface area contributed by atoms with Crippen LogP contribution in [0.3, 0.4) is 0 Å². The van der Waals surface area contributed by atoms with Crippen molar-refractivity contribution in [1.29, 1.82) is 0 Å². The molecule has 0 aliphatic rings. The maximum atomic E-state index is 2.40. The van der Waals surface area contributed by atoms with Gasteiger partial charge in [-0.3, -0.25) is 0 Å². The first-order valence-corrected chi connectivity index (χ1v) is 16.3. The van der Waals surface area contributed by atoms with Crippen LogP contribution in [0.5, 0.6) is 0 Å². The van der Waals surface area contributed by atoms with Gasteiger partial charge in [-0.2, -0.15) is 0 Å². The van der Waals surface area contributed by atoms with Gasteiger partial charge < -0.3 is 9.13 Å². The second kappa shape index (κ2) is 10.1. The summed E-state index contributed by atoms with van der Waals surface area (Å²) in [6.45, 7) is 4.53. The molecule has 0 aliphatic heterocycles. The topological polar surface area (TPSA) is 9.86 Å². The molecule has 9 aromatic rings. The fourth-order valence-corrected chi connectivity index (χ4v) is 8.44. The molecule has 3 aromatic heterocycles. The lowest BCUT2D eigenvalue weighted by atomic mass is 9.94. The summed E-state index contributed by atoms with van der Waals surface area (Å²) < 4.78 is 4.77. The van der Waals surface area contributed by atoms with Gasteiger partial charge in [0.25, 0.3) is 0 Å². The third-order valence-corrected chi connectivity index (χ3v) is 10.3. The van der Waals surface area contributed by atoms with Crippen LogP contribution < -0.4 is 0 Å². The van der Waals surface area contributed by atoms with E-state index in [1.165, 1.54) is 87.0 Å². The van der Waals surface area contributed by atoms with E-state index < -0.39 is 0 Å². The Balaban J connectivity index is 1.20. The van der Waals surface area contributed by atoms with Gasteiger partial charge in [-0.15, -0.1) is 11.3 Å². The van der Waals surface area contributed by atoms with Crippen molar-refractivity contribution in [3.8, 4) is 33.6 Å². The smallest absolute Gasteiger partial charge is 0.0541 e. The Hall–Kier alpha value is -5.38. The summed E-state index contributed by atoms with van der Waals surface area (Å²) in [6.07, 6.45) is 0. The predicted octanol–water partition coefficient (Wildman–Crippen LogP) is 11.9. The summed E-state index contributed by atoms with van der Waals surface area (Å²) in [6, 6.07) is 53.0. The number of hydrogen-bond donors (Lipinski definition) is 0. The average molecular weight is 595 g/mol. The zero-order chi connectivity index (χ0) is 30.1. The van der Waals surface area contributed by atoms with Gasteiger partial charge in [-0.05, 0) is 79.6 Å².